The van der Waals surface area contributed by atoms with Gasteiger partial charge in [0.1, 0.15) is 5.75 Å². The predicted molar refractivity (Wildman–Crippen MR) is 79.0 cm³/mol. The van der Waals surface area contributed by atoms with Crippen LogP contribution in [0.1, 0.15) is 12.8 Å². The number of hydrogen-bond acceptors (Lipinski definition) is 3. The minimum absolute atomic E-state index is 0.0210. The fourth-order valence-corrected chi connectivity index (χ4v) is 2.64. The van der Waals surface area contributed by atoms with Gasteiger partial charge in [0.05, 0.1) is 12.1 Å². The van der Waals surface area contributed by atoms with Crippen LogP contribution in [0.4, 0.5) is 10.5 Å². The average Bonchev–Trinajstić information content (AvgIpc) is 2.86. The van der Waals surface area contributed by atoms with E-state index in [9.17, 15) is 9.59 Å². The largest absolute Gasteiger partial charge is 0.495 e. The number of carbonyl (C=O) groups excluding carboxylic acids is 1. The Balaban J connectivity index is 1.93. The normalized spacial score (nSPS) is 17.6. The lowest BCUT2D eigenvalue weighted by atomic mass is 10.1. The smallest absolute Gasteiger partial charge is 0.321 e. The minimum atomic E-state index is -0.829. The molecule has 114 valence electrons. The Hall–Kier alpha value is -1.95. The van der Waals surface area contributed by atoms with E-state index in [1.807, 2.05) is 0 Å². The van der Waals surface area contributed by atoms with E-state index < -0.39 is 5.97 Å². The standard InChI is InChI=1S/C14H17ClN2O4/c1-21-12-3-2-10(7-11(12)15)16-14(20)17-5-4-9(8-17)6-13(18)19/h2-3,7,9H,4-6,8H2,1H3,(H,16,20)(H,18,19). The van der Waals surface area contributed by atoms with Crippen molar-refractivity contribution in [2.45, 2.75) is 12.8 Å². The second kappa shape index (κ2) is 6.67. The number of methoxy groups -OCH3 is 1. The number of nitrogens with zero attached hydrogens (tertiary/aromatic N) is 1. The Kier molecular flexibility index (Phi) is 4.90. The van der Waals surface area contributed by atoms with Crippen LogP contribution < -0.4 is 10.1 Å². The number of rotatable bonds is 4. The first-order valence-corrected chi connectivity index (χ1v) is 6.98. The molecule has 6 nitrogen and oxygen atoms in total. The van der Waals surface area contributed by atoms with Gasteiger partial charge in [0.2, 0.25) is 0 Å². The summed E-state index contributed by atoms with van der Waals surface area (Å²) in [6.45, 7) is 1.02. The first kappa shape index (κ1) is 15.4. The minimum Gasteiger partial charge on any atom is -0.495 e. The molecule has 1 aliphatic rings. The van der Waals surface area contributed by atoms with Crippen LogP contribution >= 0.6 is 11.6 Å². The van der Waals surface area contributed by atoms with Crippen molar-refractivity contribution in [3.05, 3.63) is 23.2 Å². The molecule has 1 aliphatic heterocycles. The lowest BCUT2D eigenvalue weighted by Gasteiger charge is -2.17. The summed E-state index contributed by atoms with van der Waals surface area (Å²) >= 11 is 6.00. The van der Waals surface area contributed by atoms with E-state index in [0.29, 0.717) is 36.0 Å². The van der Waals surface area contributed by atoms with Gasteiger partial charge in [0.15, 0.2) is 0 Å². The molecule has 1 heterocycles. The molecule has 1 aromatic carbocycles. The molecule has 0 radical (unpaired) electrons. The number of hydrogen-bond donors (Lipinski definition) is 2. The molecule has 0 aromatic heterocycles. The number of halogens is 1. The van der Waals surface area contributed by atoms with Crippen molar-refractivity contribution in [3.63, 3.8) is 0 Å². The number of likely N-dealkylation sites (tertiary alicyclic amines) is 1. The lowest BCUT2D eigenvalue weighted by molar-refractivity contribution is -0.138. The molecule has 0 bridgehead atoms. The summed E-state index contributed by atoms with van der Waals surface area (Å²) in [6, 6.07) is 4.75. The van der Waals surface area contributed by atoms with Crippen LogP contribution in [0.25, 0.3) is 0 Å². The number of amides is 2. The van der Waals surface area contributed by atoms with Crippen LogP contribution in [0, 0.1) is 5.92 Å². The topological polar surface area (TPSA) is 78.9 Å². The fourth-order valence-electron chi connectivity index (χ4n) is 2.38. The molecule has 0 aliphatic carbocycles. The predicted octanol–water partition coefficient (Wildman–Crippen LogP) is 2.68. The van der Waals surface area contributed by atoms with Crippen molar-refractivity contribution in [1.29, 1.82) is 0 Å². The first-order valence-electron chi connectivity index (χ1n) is 6.61. The van der Waals surface area contributed by atoms with Crippen molar-refractivity contribution in [1.82, 2.24) is 4.90 Å². The SMILES string of the molecule is COc1ccc(NC(=O)N2CCC(CC(=O)O)C2)cc1Cl. The van der Waals surface area contributed by atoms with Gasteiger partial charge < -0.3 is 20.1 Å². The Morgan fingerprint density at radius 2 is 2.29 bits per heavy atom. The van der Waals surface area contributed by atoms with E-state index in [1.165, 1.54) is 7.11 Å². The number of aliphatic carboxylic acids is 1. The molecule has 1 unspecified atom stereocenters. The highest BCUT2D eigenvalue weighted by molar-refractivity contribution is 6.32. The van der Waals surface area contributed by atoms with Crippen LogP contribution in [0.15, 0.2) is 18.2 Å². The van der Waals surface area contributed by atoms with Gasteiger partial charge in [-0.1, -0.05) is 11.6 Å². The van der Waals surface area contributed by atoms with Crippen molar-refractivity contribution >= 4 is 29.3 Å². The quantitative estimate of drug-likeness (QED) is 0.896. The van der Waals surface area contributed by atoms with E-state index in [1.54, 1.807) is 23.1 Å². The van der Waals surface area contributed by atoms with Crippen molar-refractivity contribution < 1.29 is 19.4 Å². The zero-order chi connectivity index (χ0) is 15.4. The number of urea groups is 1. The molecule has 1 atom stereocenters. The molecule has 1 fully saturated rings. The summed E-state index contributed by atoms with van der Waals surface area (Å²) in [5.41, 5.74) is 0.576. The van der Waals surface area contributed by atoms with Crippen LogP contribution in [-0.2, 0) is 4.79 Å². The lowest BCUT2D eigenvalue weighted by Crippen LogP contribution is -2.33. The average molecular weight is 313 g/mol. The second-order valence-electron chi connectivity index (χ2n) is 4.98. The van der Waals surface area contributed by atoms with Crippen LogP contribution in [0.5, 0.6) is 5.75 Å². The highest BCUT2D eigenvalue weighted by atomic mass is 35.5. The zero-order valence-corrected chi connectivity index (χ0v) is 12.4. The third-order valence-electron chi connectivity index (χ3n) is 3.44. The second-order valence-corrected chi connectivity index (χ2v) is 5.39. The molecule has 21 heavy (non-hydrogen) atoms. The van der Waals surface area contributed by atoms with E-state index in [2.05, 4.69) is 5.32 Å². The van der Waals surface area contributed by atoms with Gasteiger partial charge in [-0.3, -0.25) is 4.79 Å². The summed E-state index contributed by atoms with van der Waals surface area (Å²) in [6.07, 6.45) is 0.807. The molecular formula is C14H17ClN2O4. The molecule has 1 saturated heterocycles. The van der Waals surface area contributed by atoms with E-state index in [4.69, 9.17) is 21.4 Å². The third kappa shape index (κ3) is 4.01. The third-order valence-corrected chi connectivity index (χ3v) is 3.73. The van der Waals surface area contributed by atoms with Gasteiger partial charge in [-0.15, -0.1) is 0 Å². The van der Waals surface area contributed by atoms with Crippen LogP contribution in [-0.4, -0.2) is 42.2 Å². The molecule has 2 N–H and O–H groups in total. The molecular weight excluding hydrogens is 296 g/mol. The Labute approximate surface area is 127 Å². The Morgan fingerprint density at radius 1 is 1.52 bits per heavy atom. The summed E-state index contributed by atoms with van der Waals surface area (Å²) in [5.74, 6) is -0.269. The summed E-state index contributed by atoms with van der Waals surface area (Å²) < 4.78 is 5.05. The number of ether oxygens (including phenoxy) is 1. The van der Waals surface area contributed by atoms with Gasteiger partial charge in [-0.2, -0.15) is 0 Å². The monoisotopic (exact) mass is 312 g/mol. The maximum absolute atomic E-state index is 12.1. The van der Waals surface area contributed by atoms with E-state index >= 15 is 0 Å². The maximum Gasteiger partial charge on any atom is 0.321 e. The van der Waals surface area contributed by atoms with Crippen molar-refractivity contribution in [2.75, 3.05) is 25.5 Å². The maximum atomic E-state index is 12.1. The molecule has 2 amide bonds. The molecule has 7 heteroatoms. The summed E-state index contributed by atoms with van der Waals surface area (Å²) in [4.78, 5) is 24.4. The zero-order valence-electron chi connectivity index (χ0n) is 11.6. The number of anilines is 1. The van der Waals surface area contributed by atoms with Crippen LogP contribution in [0.2, 0.25) is 5.02 Å². The number of nitrogens with one attached hydrogen (secondary N) is 1. The van der Waals surface area contributed by atoms with Gasteiger partial charge in [-0.25, -0.2) is 4.79 Å². The van der Waals surface area contributed by atoms with Crippen LogP contribution in [0.3, 0.4) is 0 Å². The highest BCUT2D eigenvalue weighted by Crippen LogP contribution is 2.28. The first-order chi connectivity index (χ1) is 9.99. The number of carboxylic acid groups (broad SMARTS) is 1. The Bertz CT molecular complexity index is 550. The fraction of sp³-hybridized carbons (Fsp3) is 0.429. The van der Waals surface area contributed by atoms with E-state index in [0.717, 1.165) is 0 Å². The number of benzene rings is 1. The number of carboxylic acids is 1. The molecule has 0 saturated carbocycles. The molecule has 0 spiro atoms. The van der Waals surface area contributed by atoms with Gasteiger partial charge in [-0.05, 0) is 30.5 Å². The summed E-state index contributed by atoms with van der Waals surface area (Å²) in [5, 5.41) is 11.9. The highest BCUT2D eigenvalue weighted by Gasteiger charge is 2.27. The Morgan fingerprint density at radius 3 is 2.90 bits per heavy atom. The van der Waals surface area contributed by atoms with Gasteiger partial charge >= 0.3 is 12.0 Å². The van der Waals surface area contributed by atoms with Crippen molar-refractivity contribution in [3.8, 4) is 5.75 Å². The van der Waals surface area contributed by atoms with Gasteiger partial charge in [0.25, 0.3) is 0 Å². The number of carbonyl (C=O) groups is 2. The molecule has 2 rings (SSSR count). The molecule has 1 aromatic rings. The van der Waals surface area contributed by atoms with E-state index in [-0.39, 0.29) is 18.4 Å². The summed E-state index contributed by atoms with van der Waals surface area (Å²) in [7, 11) is 1.52. The van der Waals surface area contributed by atoms with Crippen molar-refractivity contribution in [2.24, 2.45) is 5.92 Å². The van der Waals surface area contributed by atoms with Gasteiger partial charge in [0, 0.05) is 25.2 Å².